The maximum atomic E-state index is 13.4. The molecule has 112 valence electrons. The lowest BCUT2D eigenvalue weighted by Gasteiger charge is -2.09. The first-order valence-corrected chi connectivity index (χ1v) is 5.95. The van der Waals surface area contributed by atoms with Gasteiger partial charge in [-0.1, -0.05) is 11.6 Å². The van der Waals surface area contributed by atoms with Crippen LogP contribution in [0.1, 0.15) is 10.6 Å². The molecule has 0 aliphatic carbocycles. The van der Waals surface area contributed by atoms with E-state index in [4.69, 9.17) is 11.6 Å². The predicted molar refractivity (Wildman–Crippen MR) is 68.2 cm³/mol. The number of nitrogens with zero attached hydrogens (tertiary/aromatic N) is 2. The van der Waals surface area contributed by atoms with E-state index in [-0.39, 0.29) is 16.7 Å². The van der Waals surface area contributed by atoms with Crippen LogP contribution >= 0.6 is 11.6 Å². The average Bonchev–Trinajstić information content (AvgIpc) is 2.81. The Bertz CT molecular complexity index is 728. The van der Waals surface area contributed by atoms with Crippen LogP contribution < -0.4 is 10.9 Å². The number of alkyl halides is 2. The molecule has 0 saturated carbocycles. The Kier molecular flexibility index (Phi) is 4.32. The minimum atomic E-state index is -2.84. The van der Waals surface area contributed by atoms with E-state index in [0.29, 0.717) is 4.57 Å². The lowest BCUT2D eigenvalue weighted by Crippen LogP contribution is -2.26. The van der Waals surface area contributed by atoms with Gasteiger partial charge in [-0.25, -0.2) is 18.2 Å². The molecule has 0 fully saturated rings. The van der Waals surface area contributed by atoms with Crippen LogP contribution in [0.15, 0.2) is 23.3 Å². The van der Waals surface area contributed by atoms with Crippen molar-refractivity contribution in [2.45, 2.75) is 13.0 Å². The molecule has 0 atom stereocenters. The van der Waals surface area contributed by atoms with Gasteiger partial charge in [0.15, 0.2) is 11.6 Å². The van der Waals surface area contributed by atoms with Gasteiger partial charge in [0.25, 0.3) is 17.9 Å². The molecular formula is C11H8ClF3N4O2. The van der Waals surface area contributed by atoms with Crippen molar-refractivity contribution in [3.8, 4) is 0 Å². The number of amides is 1. The van der Waals surface area contributed by atoms with E-state index in [2.05, 4.69) is 15.3 Å². The van der Waals surface area contributed by atoms with Gasteiger partial charge < -0.3 is 14.9 Å². The number of rotatable bonds is 4. The molecular weight excluding hydrogens is 313 g/mol. The molecule has 0 saturated heterocycles. The smallest absolute Gasteiger partial charge is 0.291 e. The van der Waals surface area contributed by atoms with E-state index >= 15 is 0 Å². The number of aromatic nitrogens is 3. The second kappa shape index (κ2) is 6.00. The van der Waals surface area contributed by atoms with Crippen LogP contribution in [0.25, 0.3) is 0 Å². The quantitative estimate of drug-likeness (QED) is 0.902. The second-order valence-electron chi connectivity index (χ2n) is 3.95. The number of H-pyrrole nitrogens is 1. The number of carbonyl (C=O) groups is 1. The van der Waals surface area contributed by atoms with Crippen molar-refractivity contribution in [3.63, 3.8) is 0 Å². The maximum absolute atomic E-state index is 13.4. The zero-order valence-electron chi connectivity index (χ0n) is 10.2. The maximum Gasteiger partial charge on any atom is 0.291 e. The molecule has 0 unspecified atom stereocenters. The van der Waals surface area contributed by atoms with Crippen molar-refractivity contribution >= 4 is 23.2 Å². The van der Waals surface area contributed by atoms with Crippen molar-refractivity contribution in [1.29, 1.82) is 0 Å². The number of halogens is 4. The van der Waals surface area contributed by atoms with Crippen LogP contribution in [0.4, 0.5) is 18.9 Å². The van der Waals surface area contributed by atoms with Gasteiger partial charge in [0.2, 0.25) is 0 Å². The standard InChI is InChI=1S/C11H8ClF3N4O2/c12-7-2-16-9(18-7)10(20)17-5-1-6(13)11(21)19(3-5)4-8(14)15/h1-3,8H,4H2,(H,16,18)(H,17,20). The number of imidazole rings is 1. The summed E-state index contributed by atoms with van der Waals surface area (Å²) in [7, 11) is 0. The molecule has 0 aromatic carbocycles. The molecule has 0 radical (unpaired) electrons. The van der Waals surface area contributed by atoms with Gasteiger partial charge in [0.05, 0.1) is 12.2 Å². The predicted octanol–water partition coefficient (Wildman–Crippen LogP) is 1.88. The third-order valence-electron chi connectivity index (χ3n) is 2.40. The van der Waals surface area contributed by atoms with Crippen LogP contribution in [0.2, 0.25) is 5.15 Å². The Hall–Kier alpha value is -2.29. The van der Waals surface area contributed by atoms with Gasteiger partial charge in [0, 0.05) is 18.5 Å². The van der Waals surface area contributed by atoms with E-state index in [9.17, 15) is 22.8 Å². The number of aromatic amines is 1. The molecule has 0 aliphatic rings. The van der Waals surface area contributed by atoms with Gasteiger partial charge in [-0.05, 0) is 0 Å². The van der Waals surface area contributed by atoms with E-state index in [0.717, 1.165) is 12.3 Å². The molecule has 1 amide bonds. The topological polar surface area (TPSA) is 79.8 Å². The number of nitrogens with one attached hydrogen (secondary N) is 2. The first-order chi connectivity index (χ1) is 9.86. The minimum absolute atomic E-state index is 0.0500. The summed E-state index contributed by atoms with van der Waals surface area (Å²) in [5.41, 5.74) is -1.36. The fourth-order valence-electron chi connectivity index (χ4n) is 1.56. The Labute approximate surface area is 120 Å². The van der Waals surface area contributed by atoms with Gasteiger partial charge in [0.1, 0.15) is 5.15 Å². The number of pyridine rings is 1. The highest BCUT2D eigenvalue weighted by Crippen LogP contribution is 2.10. The Morgan fingerprint density at radius 1 is 1.52 bits per heavy atom. The summed E-state index contributed by atoms with van der Waals surface area (Å²) < 4.78 is 38.4. The van der Waals surface area contributed by atoms with Crippen molar-refractivity contribution in [2.75, 3.05) is 5.32 Å². The summed E-state index contributed by atoms with van der Waals surface area (Å²) in [5.74, 6) is -2.17. The van der Waals surface area contributed by atoms with E-state index in [1.807, 2.05) is 0 Å². The van der Waals surface area contributed by atoms with Crippen molar-refractivity contribution in [3.05, 3.63) is 45.6 Å². The zero-order valence-corrected chi connectivity index (χ0v) is 11.0. The molecule has 6 nitrogen and oxygen atoms in total. The third kappa shape index (κ3) is 3.63. The summed E-state index contributed by atoms with van der Waals surface area (Å²) in [4.78, 5) is 29.2. The molecule has 2 N–H and O–H groups in total. The molecule has 21 heavy (non-hydrogen) atoms. The largest absolute Gasteiger partial charge is 0.339 e. The third-order valence-corrected chi connectivity index (χ3v) is 2.59. The molecule has 2 aromatic heterocycles. The molecule has 10 heteroatoms. The van der Waals surface area contributed by atoms with Crippen LogP contribution in [0, 0.1) is 5.82 Å². The lowest BCUT2D eigenvalue weighted by molar-refractivity contribution is 0.101. The normalized spacial score (nSPS) is 10.9. The SMILES string of the molecule is O=C(Nc1cc(F)c(=O)n(CC(F)F)c1)c1nc(Cl)c[nH]1. The van der Waals surface area contributed by atoms with Crippen LogP contribution in [0.5, 0.6) is 0 Å². The number of anilines is 1. The van der Waals surface area contributed by atoms with E-state index < -0.39 is 30.3 Å². The van der Waals surface area contributed by atoms with Gasteiger partial charge in [-0.3, -0.25) is 9.59 Å². The monoisotopic (exact) mass is 320 g/mol. The van der Waals surface area contributed by atoms with Crippen LogP contribution in [0.3, 0.4) is 0 Å². The first-order valence-electron chi connectivity index (χ1n) is 5.57. The molecule has 0 spiro atoms. The summed E-state index contributed by atoms with van der Waals surface area (Å²) in [6.45, 7) is -0.980. The Morgan fingerprint density at radius 2 is 2.24 bits per heavy atom. The number of hydrogen-bond acceptors (Lipinski definition) is 3. The fourth-order valence-corrected chi connectivity index (χ4v) is 1.70. The molecule has 2 aromatic rings. The Morgan fingerprint density at radius 3 is 2.81 bits per heavy atom. The summed E-state index contributed by atoms with van der Waals surface area (Å²) >= 11 is 5.52. The summed E-state index contributed by atoms with van der Waals surface area (Å²) in [6.07, 6.45) is -0.661. The van der Waals surface area contributed by atoms with E-state index in [1.165, 1.54) is 6.20 Å². The fraction of sp³-hybridized carbons (Fsp3) is 0.182. The molecule has 0 aliphatic heterocycles. The average molecular weight is 321 g/mol. The lowest BCUT2D eigenvalue weighted by atomic mass is 10.3. The summed E-state index contributed by atoms with van der Waals surface area (Å²) in [5, 5.41) is 2.27. The van der Waals surface area contributed by atoms with Gasteiger partial charge in [-0.2, -0.15) is 0 Å². The minimum Gasteiger partial charge on any atom is -0.339 e. The molecule has 0 bridgehead atoms. The van der Waals surface area contributed by atoms with Gasteiger partial charge >= 0.3 is 0 Å². The number of hydrogen-bond donors (Lipinski definition) is 2. The van der Waals surface area contributed by atoms with Gasteiger partial charge in [-0.15, -0.1) is 0 Å². The highest BCUT2D eigenvalue weighted by molar-refractivity contribution is 6.29. The van der Waals surface area contributed by atoms with Crippen molar-refractivity contribution in [2.24, 2.45) is 0 Å². The van der Waals surface area contributed by atoms with E-state index in [1.54, 1.807) is 0 Å². The second-order valence-corrected chi connectivity index (χ2v) is 4.34. The highest BCUT2D eigenvalue weighted by atomic mass is 35.5. The Balaban J connectivity index is 2.26. The van der Waals surface area contributed by atoms with Crippen molar-refractivity contribution in [1.82, 2.24) is 14.5 Å². The van der Waals surface area contributed by atoms with Crippen molar-refractivity contribution < 1.29 is 18.0 Å². The highest BCUT2D eigenvalue weighted by Gasteiger charge is 2.14. The number of carbonyl (C=O) groups excluding carboxylic acids is 1. The van der Waals surface area contributed by atoms with Crippen LogP contribution in [-0.2, 0) is 6.54 Å². The zero-order chi connectivity index (χ0) is 15.6. The van der Waals surface area contributed by atoms with Crippen LogP contribution in [-0.4, -0.2) is 26.9 Å². The summed E-state index contributed by atoms with van der Waals surface area (Å²) in [6, 6.07) is 0.729. The first kappa shape index (κ1) is 15.1. The molecule has 2 rings (SSSR count). The molecule has 2 heterocycles.